The van der Waals surface area contributed by atoms with Gasteiger partial charge in [-0.15, -0.1) is 0 Å². The summed E-state index contributed by atoms with van der Waals surface area (Å²) in [4.78, 5) is 2.24. The molecule has 1 aromatic carbocycles. The average Bonchev–Trinajstić information content (AvgIpc) is 2.74. The Morgan fingerprint density at radius 2 is 1.94 bits per heavy atom. The molecule has 0 aliphatic carbocycles. The van der Waals surface area contributed by atoms with Crippen LogP contribution >= 0.6 is 0 Å². The first-order valence-corrected chi connectivity index (χ1v) is 6.42. The Balaban J connectivity index is 2.03. The molecule has 0 aromatic heterocycles. The van der Waals surface area contributed by atoms with E-state index in [1.54, 1.807) is 0 Å². The van der Waals surface area contributed by atoms with Gasteiger partial charge in [-0.3, -0.25) is 0 Å². The number of likely N-dealkylation sites (N-methyl/N-ethyl adjacent to an activating group) is 1. The van der Waals surface area contributed by atoms with E-state index in [0.29, 0.717) is 12.8 Å². The first-order valence-electron chi connectivity index (χ1n) is 6.42. The van der Waals surface area contributed by atoms with Crippen LogP contribution in [0, 0.1) is 6.92 Å². The molecule has 0 radical (unpaired) electrons. The fourth-order valence-electron chi connectivity index (χ4n) is 2.09. The summed E-state index contributed by atoms with van der Waals surface area (Å²) in [5.74, 6) is 1.70. The Bertz CT molecular complexity index is 419. The van der Waals surface area contributed by atoms with Crippen molar-refractivity contribution in [2.75, 3.05) is 31.8 Å². The van der Waals surface area contributed by atoms with Crippen molar-refractivity contribution in [3.05, 3.63) is 17.7 Å². The molecule has 0 fully saturated rings. The van der Waals surface area contributed by atoms with E-state index >= 15 is 0 Å². The minimum Gasteiger partial charge on any atom is -0.454 e. The highest BCUT2D eigenvalue weighted by Crippen LogP contribution is 2.37. The molecule has 1 aliphatic rings. The lowest BCUT2D eigenvalue weighted by Crippen LogP contribution is -2.33. The highest BCUT2D eigenvalue weighted by molar-refractivity contribution is 5.61. The topological polar surface area (TPSA) is 33.7 Å². The maximum atomic E-state index is 5.42. The van der Waals surface area contributed by atoms with Gasteiger partial charge in [-0.25, -0.2) is 0 Å². The number of rotatable bonds is 5. The fraction of sp³-hybridized carbons (Fsp3) is 0.571. The summed E-state index contributed by atoms with van der Waals surface area (Å²) in [6.45, 7) is 8.69. The zero-order valence-electron chi connectivity index (χ0n) is 11.6. The Morgan fingerprint density at radius 1 is 1.28 bits per heavy atom. The van der Waals surface area contributed by atoms with E-state index in [1.165, 1.54) is 11.3 Å². The maximum absolute atomic E-state index is 5.42. The van der Waals surface area contributed by atoms with Gasteiger partial charge in [-0.05, 0) is 18.6 Å². The molecule has 0 bridgehead atoms. The molecule has 0 saturated carbocycles. The normalized spacial score (nSPS) is 13.2. The molecule has 1 aliphatic heterocycles. The molecular formula is C14H22N2O2. The third-order valence-corrected chi connectivity index (χ3v) is 3.10. The van der Waals surface area contributed by atoms with E-state index < -0.39 is 0 Å². The first kappa shape index (κ1) is 13.0. The second-order valence-electron chi connectivity index (χ2n) is 5.02. The Kier molecular flexibility index (Phi) is 3.97. The van der Waals surface area contributed by atoms with Crippen molar-refractivity contribution in [3.8, 4) is 11.5 Å². The van der Waals surface area contributed by atoms with Crippen LogP contribution in [0.25, 0.3) is 0 Å². The fourth-order valence-corrected chi connectivity index (χ4v) is 2.09. The Labute approximate surface area is 109 Å². The maximum Gasteiger partial charge on any atom is 0.231 e. The molecule has 0 atom stereocenters. The predicted molar refractivity (Wildman–Crippen MR) is 73.7 cm³/mol. The summed E-state index contributed by atoms with van der Waals surface area (Å²) < 4.78 is 10.8. The minimum atomic E-state index is 0.330. The molecule has 0 unspecified atom stereocenters. The van der Waals surface area contributed by atoms with Gasteiger partial charge in [0.05, 0.1) is 0 Å². The van der Waals surface area contributed by atoms with Crippen LogP contribution in [0.15, 0.2) is 12.1 Å². The van der Waals surface area contributed by atoms with Gasteiger partial charge in [0, 0.05) is 37.9 Å². The van der Waals surface area contributed by atoms with Crippen molar-refractivity contribution in [2.24, 2.45) is 0 Å². The summed E-state index contributed by atoms with van der Waals surface area (Å²) >= 11 is 0. The molecule has 1 N–H and O–H groups in total. The van der Waals surface area contributed by atoms with E-state index in [4.69, 9.17) is 9.47 Å². The third kappa shape index (κ3) is 2.88. The molecule has 1 aromatic rings. The molecule has 4 heteroatoms. The van der Waals surface area contributed by atoms with Crippen molar-refractivity contribution in [2.45, 2.75) is 26.8 Å². The van der Waals surface area contributed by atoms with Crippen LogP contribution in [-0.4, -0.2) is 33.0 Å². The summed E-state index contributed by atoms with van der Waals surface area (Å²) in [6, 6.07) is 4.63. The van der Waals surface area contributed by atoms with Crippen LogP contribution in [0.5, 0.6) is 11.5 Å². The summed E-state index contributed by atoms with van der Waals surface area (Å²) in [5, 5.41) is 3.42. The molecule has 0 amide bonds. The Morgan fingerprint density at radius 3 is 2.61 bits per heavy atom. The van der Waals surface area contributed by atoms with Crippen LogP contribution < -0.4 is 19.7 Å². The number of nitrogens with zero attached hydrogens (tertiary/aromatic N) is 1. The van der Waals surface area contributed by atoms with Crippen molar-refractivity contribution >= 4 is 5.69 Å². The number of benzene rings is 1. The van der Waals surface area contributed by atoms with Gasteiger partial charge in [0.2, 0.25) is 6.79 Å². The van der Waals surface area contributed by atoms with E-state index in [0.717, 1.165) is 24.6 Å². The average molecular weight is 250 g/mol. The number of hydrogen-bond acceptors (Lipinski definition) is 4. The highest BCUT2D eigenvalue weighted by Gasteiger charge is 2.17. The van der Waals surface area contributed by atoms with Crippen LogP contribution in [0.1, 0.15) is 19.4 Å². The number of ether oxygens (including phenoxy) is 2. The van der Waals surface area contributed by atoms with E-state index in [2.05, 4.69) is 44.1 Å². The number of hydrogen-bond donors (Lipinski definition) is 1. The van der Waals surface area contributed by atoms with Crippen molar-refractivity contribution in [3.63, 3.8) is 0 Å². The molecule has 0 saturated heterocycles. The van der Waals surface area contributed by atoms with Gasteiger partial charge in [0.1, 0.15) is 0 Å². The van der Waals surface area contributed by atoms with Crippen LogP contribution in [0.3, 0.4) is 0 Å². The largest absolute Gasteiger partial charge is 0.454 e. The first-order chi connectivity index (χ1) is 8.58. The van der Waals surface area contributed by atoms with Gasteiger partial charge in [-0.1, -0.05) is 13.8 Å². The number of aryl methyl sites for hydroxylation is 1. The number of nitrogens with one attached hydrogen (secondary N) is 1. The van der Waals surface area contributed by atoms with Gasteiger partial charge < -0.3 is 19.7 Å². The van der Waals surface area contributed by atoms with Crippen molar-refractivity contribution in [1.82, 2.24) is 5.32 Å². The zero-order valence-corrected chi connectivity index (χ0v) is 11.6. The van der Waals surface area contributed by atoms with Gasteiger partial charge in [0.15, 0.2) is 11.5 Å². The highest BCUT2D eigenvalue weighted by atomic mass is 16.7. The number of anilines is 1. The summed E-state index contributed by atoms with van der Waals surface area (Å²) in [7, 11) is 2.10. The van der Waals surface area contributed by atoms with Crippen LogP contribution in [0.2, 0.25) is 0 Å². The smallest absolute Gasteiger partial charge is 0.231 e. The molecule has 1 heterocycles. The lowest BCUT2D eigenvalue weighted by atomic mass is 10.1. The third-order valence-electron chi connectivity index (χ3n) is 3.10. The van der Waals surface area contributed by atoms with Gasteiger partial charge in [0.25, 0.3) is 0 Å². The lowest BCUT2D eigenvalue weighted by Gasteiger charge is -2.22. The molecule has 100 valence electrons. The molecule has 4 nitrogen and oxygen atoms in total. The van der Waals surface area contributed by atoms with Crippen molar-refractivity contribution < 1.29 is 9.47 Å². The van der Waals surface area contributed by atoms with Crippen LogP contribution in [0.4, 0.5) is 5.69 Å². The molecular weight excluding hydrogens is 228 g/mol. The molecule has 0 spiro atoms. The lowest BCUT2D eigenvalue weighted by molar-refractivity contribution is 0.174. The van der Waals surface area contributed by atoms with Crippen molar-refractivity contribution in [1.29, 1.82) is 0 Å². The number of fused-ring (bicyclic) bond motifs is 1. The molecule has 2 rings (SSSR count). The monoisotopic (exact) mass is 250 g/mol. The summed E-state index contributed by atoms with van der Waals surface area (Å²) in [6.07, 6.45) is 0. The second-order valence-corrected chi connectivity index (χ2v) is 5.02. The second kappa shape index (κ2) is 5.48. The van der Waals surface area contributed by atoms with E-state index in [1.807, 2.05) is 6.07 Å². The predicted octanol–water partition coefficient (Wildman–Crippen LogP) is 2.16. The SMILES string of the molecule is Cc1cc2c(cc1N(C)CCNC(C)C)OCO2. The van der Waals surface area contributed by atoms with E-state index in [-0.39, 0.29) is 0 Å². The zero-order chi connectivity index (χ0) is 13.1. The van der Waals surface area contributed by atoms with Gasteiger partial charge >= 0.3 is 0 Å². The Hall–Kier alpha value is -1.42. The standard InChI is InChI=1S/C14H22N2O2/c1-10(2)15-5-6-16(4)12-8-14-13(7-11(12)3)17-9-18-14/h7-8,10,15H,5-6,9H2,1-4H3. The quantitative estimate of drug-likeness (QED) is 0.868. The van der Waals surface area contributed by atoms with E-state index in [9.17, 15) is 0 Å². The van der Waals surface area contributed by atoms with Gasteiger partial charge in [-0.2, -0.15) is 0 Å². The van der Waals surface area contributed by atoms with Crippen LogP contribution in [-0.2, 0) is 0 Å². The summed E-state index contributed by atoms with van der Waals surface area (Å²) in [5.41, 5.74) is 2.41. The minimum absolute atomic E-state index is 0.330. The molecule has 18 heavy (non-hydrogen) atoms.